The molecule has 108 valence electrons. The Morgan fingerprint density at radius 3 is 2.67 bits per heavy atom. The van der Waals surface area contributed by atoms with Crippen LogP contribution in [0.2, 0.25) is 0 Å². The van der Waals surface area contributed by atoms with E-state index in [0.717, 1.165) is 17.3 Å². The molecule has 1 aliphatic heterocycles. The van der Waals surface area contributed by atoms with Crippen LogP contribution >= 0.6 is 15.9 Å². The molecule has 3 rings (SSSR count). The van der Waals surface area contributed by atoms with Crippen molar-refractivity contribution in [2.24, 2.45) is 0 Å². The number of benzene rings is 2. The molecule has 0 aliphatic carbocycles. The summed E-state index contributed by atoms with van der Waals surface area (Å²) >= 11 is 3.41. The van der Waals surface area contributed by atoms with Crippen molar-refractivity contribution in [3.63, 3.8) is 0 Å². The Kier molecular flexibility index (Phi) is 3.85. The van der Waals surface area contributed by atoms with Gasteiger partial charge in [0.1, 0.15) is 11.4 Å². The Morgan fingerprint density at radius 1 is 1.19 bits per heavy atom. The van der Waals surface area contributed by atoms with Crippen LogP contribution in [0.1, 0.15) is 35.7 Å². The second-order valence-electron chi connectivity index (χ2n) is 5.54. The number of halogens is 1. The first-order chi connectivity index (χ1) is 10.1. The van der Waals surface area contributed by atoms with Gasteiger partial charge >= 0.3 is 0 Å². The Morgan fingerprint density at radius 2 is 1.95 bits per heavy atom. The van der Waals surface area contributed by atoms with E-state index in [0.29, 0.717) is 17.7 Å². The average Bonchev–Trinajstić information content (AvgIpc) is 2.49. The number of hydrogen-bond acceptors (Lipinski definition) is 2. The van der Waals surface area contributed by atoms with E-state index in [9.17, 15) is 4.79 Å². The third-order valence-corrected chi connectivity index (χ3v) is 4.56. The molecule has 2 aromatic carbocycles. The van der Waals surface area contributed by atoms with Gasteiger partial charge in [0.05, 0.1) is 12.0 Å². The zero-order valence-electron chi connectivity index (χ0n) is 11.9. The van der Waals surface area contributed by atoms with E-state index in [1.54, 1.807) is 0 Å². The lowest BCUT2D eigenvalue weighted by Crippen LogP contribution is -2.43. The molecule has 1 atom stereocenters. The third-order valence-electron chi connectivity index (χ3n) is 4.06. The maximum Gasteiger partial charge on any atom is 0.170 e. The molecule has 21 heavy (non-hydrogen) atoms. The van der Waals surface area contributed by atoms with Gasteiger partial charge in [0.15, 0.2) is 5.78 Å². The maximum atomic E-state index is 12.5. The molecule has 0 fully saturated rings. The summed E-state index contributed by atoms with van der Waals surface area (Å²) in [5, 5.41) is 0. The van der Waals surface area contributed by atoms with Crippen molar-refractivity contribution in [3.8, 4) is 5.75 Å². The summed E-state index contributed by atoms with van der Waals surface area (Å²) in [4.78, 5) is 12.5. The number of Topliss-reactive ketones (excluding diaryl/α,β-unsaturated/α-hetero) is 1. The summed E-state index contributed by atoms with van der Waals surface area (Å²) in [6.45, 7) is 2.08. The first kappa shape index (κ1) is 14.3. The SMILES string of the molecule is CCC1(Cc2ccccc2)CC(=O)c2cc(Br)ccc2O1. The number of fused-ring (bicyclic) bond motifs is 1. The van der Waals surface area contributed by atoms with Crippen molar-refractivity contribution in [2.75, 3.05) is 0 Å². The van der Waals surface area contributed by atoms with Crippen LogP contribution in [0.5, 0.6) is 5.75 Å². The first-order valence-corrected chi connectivity index (χ1v) is 7.97. The van der Waals surface area contributed by atoms with E-state index in [2.05, 4.69) is 35.0 Å². The van der Waals surface area contributed by atoms with Gasteiger partial charge in [0.25, 0.3) is 0 Å². The fourth-order valence-electron chi connectivity index (χ4n) is 2.85. The predicted octanol–water partition coefficient (Wildman–Crippen LogP) is 4.81. The summed E-state index contributed by atoms with van der Waals surface area (Å²) in [6, 6.07) is 15.9. The smallest absolute Gasteiger partial charge is 0.170 e. The molecule has 3 heteroatoms. The van der Waals surface area contributed by atoms with Crippen molar-refractivity contribution < 1.29 is 9.53 Å². The van der Waals surface area contributed by atoms with Crippen molar-refractivity contribution >= 4 is 21.7 Å². The Balaban J connectivity index is 1.94. The first-order valence-electron chi connectivity index (χ1n) is 7.17. The van der Waals surface area contributed by atoms with Gasteiger partial charge in [-0.25, -0.2) is 0 Å². The summed E-state index contributed by atoms with van der Waals surface area (Å²) in [5.41, 5.74) is 1.45. The summed E-state index contributed by atoms with van der Waals surface area (Å²) in [5.74, 6) is 0.863. The van der Waals surface area contributed by atoms with Gasteiger partial charge in [-0.05, 0) is 30.2 Å². The van der Waals surface area contributed by atoms with Crippen LogP contribution in [0, 0.1) is 0 Å². The molecule has 2 aromatic rings. The van der Waals surface area contributed by atoms with Crippen LogP contribution in [-0.4, -0.2) is 11.4 Å². The molecular weight excluding hydrogens is 328 g/mol. The molecule has 0 saturated carbocycles. The minimum absolute atomic E-state index is 0.162. The van der Waals surface area contributed by atoms with Gasteiger partial charge in [0.2, 0.25) is 0 Å². The normalized spacial score (nSPS) is 20.8. The highest BCUT2D eigenvalue weighted by Crippen LogP contribution is 2.38. The summed E-state index contributed by atoms with van der Waals surface area (Å²) < 4.78 is 7.16. The molecule has 0 saturated heterocycles. The van der Waals surface area contributed by atoms with Gasteiger partial charge in [0, 0.05) is 10.9 Å². The zero-order valence-corrected chi connectivity index (χ0v) is 13.5. The van der Waals surface area contributed by atoms with Gasteiger partial charge in [-0.1, -0.05) is 53.2 Å². The van der Waals surface area contributed by atoms with E-state index >= 15 is 0 Å². The molecule has 1 aliphatic rings. The van der Waals surface area contributed by atoms with Gasteiger partial charge in [-0.3, -0.25) is 4.79 Å². The monoisotopic (exact) mass is 344 g/mol. The molecular formula is C18H17BrO2. The van der Waals surface area contributed by atoms with E-state index < -0.39 is 5.60 Å². The maximum absolute atomic E-state index is 12.5. The van der Waals surface area contributed by atoms with Gasteiger partial charge in [-0.2, -0.15) is 0 Å². The van der Waals surface area contributed by atoms with Gasteiger partial charge in [-0.15, -0.1) is 0 Å². The summed E-state index contributed by atoms with van der Waals surface area (Å²) in [7, 11) is 0. The lowest BCUT2D eigenvalue weighted by Gasteiger charge is -2.37. The molecule has 0 amide bonds. The number of ether oxygens (including phenoxy) is 1. The second-order valence-corrected chi connectivity index (χ2v) is 6.46. The fraction of sp³-hybridized carbons (Fsp3) is 0.278. The molecule has 2 nitrogen and oxygen atoms in total. The largest absolute Gasteiger partial charge is 0.486 e. The van der Waals surface area contributed by atoms with Crippen LogP contribution in [0.3, 0.4) is 0 Å². The minimum atomic E-state index is -0.431. The van der Waals surface area contributed by atoms with Crippen molar-refractivity contribution in [1.29, 1.82) is 0 Å². The Labute approximate surface area is 133 Å². The lowest BCUT2D eigenvalue weighted by atomic mass is 9.83. The molecule has 0 radical (unpaired) electrons. The number of hydrogen-bond donors (Lipinski definition) is 0. The molecule has 0 N–H and O–H groups in total. The quantitative estimate of drug-likeness (QED) is 0.798. The molecule has 1 heterocycles. The Hall–Kier alpha value is -1.61. The summed E-state index contributed by atoms with van der Waals surface area (Å²) in [6.07, 6.45) is 2.00. The zero-order chi connectivity index (χ0) is 14.9. The predicted molar refractivity (Wildman–Crippen MR) is 86.9 cm³/mol. The standard InChI is InChI=1S/C18H17BrO2/c1-2-18(11-13-6-4-3-5-7-13)12-16(20)15-10-14(19)8-9-17(15)21-18/h3-10H,2,11-12H2,1H3. The lowest BCUT2D eigenvalue weighted by molar-refractivity contribution is 0.0378. The van der Waals surface area contributed by atoms with Crippen molar-refractivity contribution in [1.82, 2.24) is 0 Å². The average molecular weight is 345 g/mol. The van der Waals surface area contributed by atoms with Crippen LogP contribution in [-0.2, 0) is 6.42 Å². The fourth-order valence-corrected chi connectivity index (χ4v) is 3.22. The molecule has 0 bridgehead atoms. The van der Waals surface area contributed by atoms with Crippen molar-refractivity contribution in [3.05, 3.63) is 64.1 Å². The van der Waals surface area contributed by atoms with E-state index in [1.807, 2.05) is 36.4 Å². The third kappa shape index (κ3) is 2.88. The number of carbonyl (C=O) groups is 1. The molecule has 1 unspecified atom stereocenters. The number of ketones is 1. The molecule has 0 aromatic heterocycles. The minimum Gasteiger partial charge on any atom is -0.486 e. The van der Waals surface area contributed by atoms with Crippen LogP contribution in [0.15, 0.2) is 53.0 Å². The second kappa shape index (κ2) is 5.64. The number of carbonyl (C=O) groups excluding carboxylic acids is 1. The van der Waals surface area contributed by atoms with Crippen molar-refractivity contribution in [2.45, 2.75) is 31.8 Å². The topological polar surface area (TPSA) is 26.3 Å². The van der Waals surface area contributed by atoms with E-state index in [4.69, 9.17) is 4.74 Å². The molecule has 0 spiro atoms. The highest BCUT2D eigenvalue weighted by Gasteiger charge is 2.39. The Bertz CT molecular complexity index is 666. The van der Waals surface area contributed by atoms with Gasteiger partial charge < -0.3 is 4.74 Å². The van der Waals surface area contributed by atoms with E-state index in [-0.39, 0.29) is 5.78 Å². The van der Waals surface area contributed by atoms with Crippen LogP contribution in [0.25, 0.3) is 0 Å². The van der Waals surface area contributed by atoms with Crippen LogP contribution < -0.4 is 4.74 Å². The number of rotatable bonds is 3. The highest BCUT2D eigenvalue weighted by atomic mass is 79.9. The highest BCUT2D eigenvalue weighted by molar-refractivity contribution is 9.10. The van der Waals surface area contributed by atoms with E-state index in [1.165, 1.54) is 5.56 Å². The van der Waals surface area contributed by atoms with Crippen LogP contribution in [0.4, 0.5) is 0 Å².